The molecule has 0 radical (unpaired) electrons. The Morgan fingerprint density at radius 1 is 1.22 bits per heavy atom. The summed E-state index contributed by atoms with van der Waals surface area (Å²) in [5, 5.41) is 7.26. The number of nitrogens with one attached hydrogen (secondary N) is 1. The van der Waals surface area contributed by atoms with Crippen LogP contribution in [-0.4, -0.2) is 21.7 Å². The van der Waals surface area contributed by atoms with Gasteiger partial charge in [0.2, 0.25) is 0 Å². The molecule has 2 aromatic rings. The third-order valence-electron chi connectivity index (χ3n) is 3.10. The van der Waals surface area contributed by atoms with Crippen molar-refractivity contribution in [1.82, 2.24) is 15.2 Å². The van der Waals surface area contributed by atoms with Crippen molar-refractivity contribution in [2.45, 2.75) is 26.2 Å². The van der Waals surface area contributed by atoms with Gasteiger partial charge in [0, 0.05) is 12.0 Å². The molecule has 4 nitrogen and oxygen atoms in total. The van der Waals surface area contributed by atoms with Gasteiger partial charge in [-0.05, 0) is 25.3 Å². The molecule has 1 atom stereocenters. The zero-order valence-corrected chi connectivity index (χ0v) is 10.8. The van der Waals surface area contributed by atoms with Crippen LogP contribution in [-0.2, 0) is 6.42 Å². The van der Waals surface area contributed by atoms with Crippen LogP contribution in [0.25, 0.3) is 11.4 Å². The second-order valence-electron chi connectivity index (χ2n) is 4.69. The van der Waals surface area contributed by atoms with E-state index >= 15 is 0 Å². The van der Waals surface area contributed by atoms with Gasteiger partial charge in [0.1, 0.15) is 5.82 Å². The van der Waals surface area contributed by atoms with Crippen LogP contribution in [0.5, 0.6) is 0 Å². The Morgan fingerprint density at radius 3 is 2.72 bits per heavy atom. The molecule has 0 saturated carbocycles. The molecule has 3 N–H and O–H groups in total. The summed E-state index contributed by atoms with van der Waals surface area (Å²) in [6.07, 6.45) is 3.10. The molecule has 4 heteroatoms. The smallest absolute Gasteiger partial charge is 0.181 e. The first-order chi connectivity index (χ1) is 8.79. The van der Waals surface area contributed by atoms with Gasteiger partial charge >= 0.3 is 0 Å². The number of aromatic nitrogens is 3. The van der Waals surface area contributed by atoms with Gasteiger partial charge in [0.05, 0.1) is 0 Å². The lowest BCUT2D eigenvalue weighted by Gasteiger charge is -2.07. The molecule has 2 rings (SSSR count). The number of benzene rings is 1. The highest BCUT2D eigenvalue weighted by Crippen LogP contribution is 2.15. The molecule has 0 aliphatic carbocycles. The highest BCUT2D eigenvalue weighted by molar-refractivity contribution is 5.53. The van der Waals surface area contributed by atoms with Gasteiger partial charge < -0.3 is 5.73 Å². The first-order valence-electron chi connectivity index (χ1n) is 6.46. The van der Waals surface area contributed by atoms with Crippen LogP contribution < -0.4 is 5.73 Å². The van der Waals surface area contributed by atoms with Gasteiger partial charge in [-0.1, -0.05) is 37.3 Å². The summed E-state index contributed by atoms with van der Waals surface area (Å²) in [5.74, 6) is 2.37. The second-order valence-corrected chi connectivity index (χ2v) is 4.69. The van der Waals surface area contributed by atoms with E-state index < -0.39 is 0 Å². The minimum absolute atomic E-state index is 0.639. The zero-order valence-electron chi connectivity index (χ0n) is 10.8. The molecule has 1 aromatic carbocycles. The summed E-state index contributed by atoms with van der Waals surface area (Å²) in [7, 11) is 0. The zero-order chi connectivity index (χ0) is 12.8. The van der Waals surface area contributed by atoms with Crippen molar-refractivity contribution in [2.24, 2.45) is 11.7 Å². The largest absolute Gasteiger partial charge is 0.330 e. The summed E-state index contributed by atoms with van der Waals surface area (Å²) in [6, 6.07) is 10.0. The Kier molecular flexibility index (Phi) is 4.47. The maximum absolute atomic E-state index is 5.54. The van der Waals surface area contributed by atoms with E-state index in [-0.39, 0.29) is 0 Å². The maximum Gasteiger partial charge on any atom is 0.181 e. The predicted molar refractivity (Wildman–Crippen MR) is 73.0 cm³/mol. The average Bonchev–Trinajstić information content (AvgIpc) is 2.87. The highest BCUT2D eigenvalue weighted by Gasteiger charge is 2.07. The number of aryl methyl sites for hydroxylation is 1. The van der Waals surface area contributed by atoms with Crippen LogP contribution >= 0.6 is 0 Å². The Balaban J connectivity index is 1.95. The van der Waals surface area contributed by atoms with Crippen LogP contribution in [0.3, 0.4) is 0 Å². The third kappa shape index (κ3) is 3.40. The Morgan fingerprint density at radius 2 is 2.00 bits per heavy atom. The number of hydrogen-bond acceptors (Lipinski definition) is 3. The Bertz CT molecular complexity index is 464. The molecule has 18 heavy (non-hydrogen) atoms. The van der Waals surface area contributed by atoms with Gasteiger partial charge in [-0.25, -0.2) is 4.98 Å². The number of nitrogens with zero attached hydrogens (tertiary/aromatic N) is 2. The van der Waals surface area contributed by atoms with E-state index in [1.54, 1.807) is 0 Å². The summed E-state index contributed by atoms with van der Waals surface area (Å²) in [6.45, 7) is 2.98. The number of H-pyrrole nitrogens is 1. The molecule has 0 fully saturated rings. The van der Waals surface area contributed by atoms with Gasteiger partial charge in [-0.15, -0.1) is 0 Å². The summed E-state index contributed by atoms with van der Waals surface area (Å²) < 4.78 is 0. The SMILES string of the molecule is CC(CCN)CCc1nc(-c2ccccc2)n[nH]1. The van der Waals surface area contributed by atoms with Crippen LogP contribution in [0.4, 0.5) is 0 Å². The van der Waals surface area contributed by atoms with Crippen molar-refractivity contribution in [3.63, 3.8) is 0 Å². The van der Waals surface area contributed by atoms with Crippen molar-refractivity contribution in [1.29, 1.82) is 0 Å². The fourth-order valence-electron chi connectivity index (χ4n) is 1.94. The van der Waals surface area contributed by atoms with E-state index in [2.05, 4.69) is 22.1 Å². The van der Waals surface area contributed by atoms with Crippen molar-refractivity contribution >= 4 is 0 Å². The first kappa shape index (κ1) is 12.8. The molecule has 0 aliphatic heterocycles. The highest BCUT2D eigenvalue weighted by atomic mass is 15.2. The van der Waals surface area contributed by atoms with Gasteiger partial charge in [-0.3, -0.25) is 5.10 Å². The maximum atomic E-state index is 5.54. The second kappa shape index (κ2) is 6.31. The lowest BCUT2D eigenvalue weighted by Crippen LogP contribution is -2.06. The molecular formula is C14H20N4. The van der Waals surface area contributed by atoms with Gasteiger partial charge in [0.25, 0.3) is 0 Å². The van der Waals surface area contributed by atoms with Crippen LogP contribution in [0.1, 0.15) is 25.6 Å². The summed E-state index contributed by atoms with van der Waals surface area (Å²) in [5.41, 5.74) is 6.59. The number of nitrogens with two attached hydrogens (primary N) is 1. The number of rotatable bonds is 6. The number of hydrogen-bond donors (Lipinski definition) is 2. The fraction of sp³-hybridized carbons (Fsp3) is 0.429. The van der Waals surface area contributed by atoms with Crippen LogP contribution in [0.2, 0.25) is 0 Å². The van der Waals surface area contributed by atoms with E-state index in [0.29, 0.717) is 5.92 Å². The van der Waals surface area contributed by atoms with Crippen LogP contribution in [0.15, 0.2) is 30.3 Å². The third-order valence-corrected chi connectivity index (χ3v) is 3.10. The van der Waals surface area contributed by atoms with Crippen molar-refractivity contribution in [3.05, 3.63) is 36.2 Å². The first-order valence-corrected chi connectivity index (χ1v) is 6.46. The van der Waals surface area contributed by atoms with Crippen LogP contribution in [0, 0.1) is 5.92 Å². The number of aromatic amines is 1. The van der Waals surface area contributed by atoms with Gasteiger partial charge in [-0.2, -0.15) is 5.10 Å². The molecule has 0 bridgehead atoms. The fourth-order valence-corrected chi connectivity index (χ4v) is 1.94. The standard InChI is InChI=1S/C14H20N4/c1-11(9-10-15)7-8-13-16-14(18-17-13)12-5-3-2-4-6-12/h2-6,11H,7-10,15H2,1H3,(H,16,17,18). The molecule has 1 aromatic heterocycles. The molecule has 1 heterocycles. The molecular weight excluding hydrogens is 224 g/mol. The van der Waals surface area contributed by atoms with E-state index in [1.807, 2.05) is 30.3 Å². The Labute approximate surface area is 108 Å². The topological polar surface area (TPSA) is 67.6 Å². The molecule has 0 spiro atoms. The quantitative estimate of drug-likeness (QED) is 0.819. The molecule has 0 aliphatic rings. The lowest BCUT2D eigenvalue weighted by atomic mass is 10.0. The van der Waals surface area contributed by atoms with E-state index in [0.717, 1.165) is 43.0 Å². The van der Waals surface area contributed by atoms with Gasteiger partial charge in [0.15, 0.2) is 5.82 Å². The van der Waals surface area contributed by atoms with E-state index in [9.17, 15) is 0 Å². The molecule has 0 amide bonds. The Hall–Kier alpha value is -1.68. The minimum Gasteiger partial charge on any atom is -0.330 e. The molecule has 0 saturated heterocycles. The molecule has 1 unspecified atom stereocenters. The van der Waals surface area contributed by atoms with Crippen molar-refractivity contribution in [2.75, 3.05) is 6.54 Å². The van der Waals surface area contributed by atoms with Crippen molar-refractivity contribution in [3.8, 4) is 11.4 Å². The van der Waals surface area contributed by atoms with Crippen molar-refractivity contribution < 1.29 is 0 Å². The predicted octanol–water partition coefficient (Wildman–Crippen LogP) is 2.39. The molecule has 96 valence electrons. The summed E-state index contributed by atoms with van der Waals surface area (Å²) in [4.78, 5) is 4.51. The minimum atomic E-state index is 0.639. The monoisotopic (exact) mass is 244 g/mol. The average molecular weight is 244 g/mol. The lowest BCUT2D eigenvalue weighted by molar-refractivity contribution is 0.494. The van der Waals surface area contributed by atoms with E-state index in [1.165, 1.54) is 0 Å². The normalized spacial score (nSPS) is 12.6. The summed E-state index contributed by atoms with van der Waals surface area (Å²) >= 11 is 0. The van der Waals surface area contributed by atoms with E-state index in [4.69, 9.17) is 5.73 Å².